The fraction of sp³-hybridized carbons (Fsp3) is 0.250. The molecule has 2 amide bonds. The van der Waals surface area contributed by atoms with Crippen LogP contribution in [0.2, 0.25) is 0 Å². The second kappa shape index (κ2) is 10.5. The van der Waals surface area contributed by atoms with Gasteiger partial charge >= 0.3 is 0 Å². The molecule has 0 bridgehead atoms. The van der Waals surface area contributed by atoms with E-state index in [0.29, 0.717) is 23.0 Å². The molecule has 0 atom stereocenters. The molecule has 0 fully saturated rings. The molecule has 2 aromatic carbocycles. The highest BCUT2D eigenvalue weighted by Crippen LogP contribution is 2.21. The van der Waals surface area contributed by atoms with Crippen LogP contribution in [0.15, 0.2) is 59.8 Å². The standard InChI is InChI=1S/C24H26N8O2S/c1-16-21(17(2)32(27-16)20-8-6-5-7-9-20)14-30(3)23(34)18-10-12-19(13-11-18)25-22(33)15-35-24-26-28-29-31(24)4/h5-13H,14-15H2,1-4H3,(H,25,33). The highest BCUT2D eigenvalue weighted by molar-refractivity contribution is 7.99. The quantitative estimate of drug-likeness (QED) is 0.378. The molecular weight excluding hydrogens is 464 g/mol. The van der Waals surface area contributed by atoms with Crippen molar-refractivity contribution in [3.8, 4) is 5.69 Å². The largest absolute Gasteiger partial charge is 0.337 e. The van der Waals surface area contributed by atoms with Gasteiger partial charge in [0.05, 0.1) is 17.1 Å². The lowest BCUT2D eigenvalue weighted by atomic mass is 10.1. The van der Waals surface area contributed by atoms with E-state index in [4.69, 9.17) is 0 Å². The van der Waals surface area contributed by atoms with Crippen LogP contribution in [0.5, 0.6) is 0 Å². The highest BCUT2D eigenvalue weighted by atomic mass is 32.2. The summed E-state index contributed by atoms with van der Waals surface area (Å²) in [6.45, 7) is 4.41. The van der Waals surface area contributed by atoms with Gasteiger partial charge < -0.3 is 10.2 Å². The van der Waals surface area contributed by atoms with Crippen molar-refractivity contribution in [1.29, 1.82) is 0 Å². The van der Waals surface area contributed by atoms with Crippen molar-refractivity contribution in [2.24, 2.45) is 7.05 Å². The van der Waals surface area contributed by atoms with Gasteiger partial charge in [-0.1, -0.05) is 30.0 Å². The SMILES string of the molecule is Cc1nn(-c2ccccc2)c(C)c1CN(C)C(=O)c1ccc(NC(=O)CSc2nnnn2C)cc1. The molecule has 0 radical (unpaired) electrons. The Bertz CT molecular complexity index is 1330. The Morgan fingerprint density at radius 2 is 1.77 bits per heavy atom. The first kappa shape index (κ1) is 24.1. The van der Waals surface area contributed by atoms with Crippen molar-refractivity contribution in [3.63, 3.8) is 0 Å². The van der Waals surface area contributed by atoms with Gasteiger partial charge in [0, 0.05) is 43.1 Å². The summed E-state index contributed by atoms with van der Waals surface area (Å²) >= 11 is 1.24. The van der Waals surface area contributed by atoms with Crippen molar-refractivity contribution in [2.75, 3.05) is 18.1 Å². The van der Waals surface area contributed by atoms with Gasteiger partial charge in [-0.15, -0.1) is 5.10 Å². The number of carbonyl (C=O) groups is 2. The third-order valence-corrected chi connectivity index (χ3v) is 6.52. The summed E-state index contributed by atoms with van der Waals surface area (Å²) in [5, 5.41) is 19.2. The number of aromatic nitrogens is 6. The first-order chi connectivity index (χ1) is 16.8. The van der Waals surface area contributed by atoms with Crippen LogP contribution in [0.4, 0.5) is 5.69 Å². The van der Waals surface area contributed by atoms with Crippen molar-refractivity contribution in [3.05, 3.63) is 77.1 Å². The maximum atomic E-state index is 13.0. The molecule has 2 heterocycles. The van der Waals surface area contributed by atoms with Crippen LogP contribution in [0.25, 0.3) is 5.69 Å². The molecule has 4 rings (SSSR count). The minimum absolute atomic E-state index is 0.112. The number of nitrogens with zero attached hydrogens (tertiary/aromatic N) is 7. The molecule has 10 nitrogen and oxygen atoms in total. The second-order valence-corrected chi connectivity index (χ2v) is 9.00. The molecular formula is C24H26N8O2S. The molecule has 0 spiro atoms. The molecule has 180 valence electrons. The first-order valence-corrected chi connectivity index (χ1v) is 11.9. The molecule has 0 aliphatic rings. The van der Waals surface area contributed by atoms with Gasteiger partial charge in [-0.3, -0.25) is 9.59 Å². The Kier molecular flexibility index (Phi) is 7.25. The third-order valence-electron chi connectivity index (χ3n) is 5.51. The number of amides is 2. The van der Waals surface area contributed by atoms with Gasteiger partial charge in [-0.25, -0.2) is 9.36 Å². The number of hydrogen-bond acceptors (Lipinski definition) is 7. The lowest BCUT2D eigenvalue weighted by molar-refractivity contribution is -0.113. The molecule has 4 aromatic rings. The lowest BCUT2D eigenvalue weighted by Gasteiger charge is -2.18. The molecule has 0 unspecified atom stereocenters. The van der Waals surface area contributed by atoms with Crippen LogP contribution in [0.3, 0.4) is 0 Å². The summed E-state index contributed by atoms with van der Waals surface area (Å²) in [6.07, 6.45) is 0. The van der Waals surface area contributed by atoms with E-state index < -0.39 is 0 Å². The smallest absolute Gasteiger partial charge is 0.253 e. The molecule has 11 heteroatoms. The normalized spacial score (nSPS) is 10.9. The van der Waals surface area contributed by atoms with Crippen molar-refractivity contribution in [2.45, 2.75) is 25.5 Å². The molecule has 1 N–H and O–H groups in total. The Morgan fingerprint density at radius 1 is 1.06 bits per heavy atom. The van der Waals surface area contributed by atoms with Crippen LogP contribution < -0.4 is 5.32 Å². The Morgan fingerprint density at radius 3 is 2.43 bits per heavy atom. The third kappa shape index (κ3) is 5.57. The summed E-state index contributed by atoms with van der Waals surface area (Å²) < 4.78 is 3.41. The van der Waals surface area contributed by atoms with Crippen LogP contribution in [0, 0.1) is 13.8 Å². The summed E-state index contributed by atoms with van der Waals surface area (Å²) in [5.74, 6) is -0.123. The van der Waals surface area contributed by atoms with Crippen LogP contribution in [-0.2, 0) is 18.4 Å². The fourth-order valence-electron chi connectivity index (χ4n) is 3.62. The number of benzene rings is 2. The minimum atomic E-state index is -0.185. The second-order valence-electron chi connectivity index (χ2n) is 8.06. The number of nitrogens with one attached hydrogen (secondary N) is 1. The van der Waals surface area contributed by atoms with E-state index in [-0.39, 0.29) is 17.6 Å². The first-order valence-electron chi connectivity index (χ1n) is 10.9. The van der Waals surface area contributed by atoms with Gasteiger partial charge in [0.25, 0.3) is 5.91 Å². The van der Waals surface area contributed by atoms with E-state index in [1.165, 1.54) is 16.4 Å². The van der Waals surface area contributed by atoms with Gasteiger partial charge in [-0.05, 0) is 60.7 Å². The number of thioether (sulfide) groups is 1. The molecule has 0 saturated heterocycles. The highest BCUT2D eigenvalue weighted by Gasteiger charge is 2.18. The van der Waals surface area contributed by atoms with Crippen molar-refractivity contribution < 1.29 is 9.59 Å². The summed E-state index contributed by atoms with van der Waals surface area (Å²) in [7, 11) is 3.49. The summed E-state index contributed by atoms with van der Waals surface area (Å²) in [6, 6.07) is 16.8. The predicted molar refractivity (Wildman–Crippen MR) is 133 cm³/mol. The zero-order valence-electron chi connectivity index (χ0n) is 20.0. The average Bonchev–Trinajstić information content (AvgIpc) is 3.40. The van der Waals surface area contributed by atoms with Gasteiger partial charge in [-0.2, -0.15) is 5.10 Å². The number of carbonyl (C=O) groups excluding carboxylic acids is 2. The van der Waals surface area contributed by atoms with Crippen LogP contribution in [0.1, 0.15) is 27.3 Å². The number of hydrogen-bond donors (Lipinski definition) is 1. The average molecular weight is 491 g/mol. The molecule has 35 heavy (non-hydrogen) atoms. The molecule has 2 aromatic heterocycles. The fourth-order valence-corrected chi connectivity index (χ4v) is 4.27. The monoisotopic (exact) mass is 490 g/mol. The maximum absolute atomic E-state index is 13.0. The lowest BCUT2D eigenvalue weighted by Crippen LogP contribution is -2.26. The number of anilines is 1. The Labute approximate surface area is 207 Å². The van der Waals surface area contributed by atoms with Crippen LogP contribution in [-0.4, -0.2) is 59.5 Å². The predicted octanol–water partition coefficient (Wildman–Crippen LogP) is 3.02. The van der Waals surface area contributed by atoms with Gasteiger partial charge in [0.15, 0.2) is 0 Å². The molecule has 0 saturated carbocycles. The van der Waals surface area contributed by atoms with E-state index >= 15 is 0 Å². The Hall–Kier alpha value is -3.99. The van der Waals surface area contributed by atoms with E-state index in [1.807, 2.05) is 48.9 Å². The Balaban J connectivity index is 1.37. The van der Waals surface area contributed by atoms with Crippen LogP contribution >= 0.6 is 11.8 Å². The van der Waals surface area contributed by atoms with Crippen molar-refractivity contribution >= 4 is 29.3 Å². The minimum Gasteiger partial charge on any atom is -0.337 e. The van der Waals surface area contributed by atoms with Crippen molar-refractivity contribution in [1.82, 2.24) is 34.9 Å². The maximum Gasteiger partial charge on any atom is 0.253 e. The van der Waals surface area contributed by atoms with Gasteiger partial charge in [0.2, 0.25) is 11.1 Å². The number of tetrazole rings is 1. The number of para-hydroxylation sites is 1. The van der Waals surface area contributed by atoms with E-state index in [0.717, 1.165) is 22.6 Å². The summed E-state index contributed by atoms with van der Waals surface area (Å²) in [4.78, 5) is 26.9. The molecule has 0 aliphatic heterocycles. The van der Waals surface area contributed by atoms with E-state index in [1.54, 1.807) is 43.3 Å². The van der Waals surface area contributed by atoms with E-state index in [9.17, 15) is 9.59 Å². The summed E-state index contributed by atoms with van der Waals surface area (Å²) in [5.41, 5.74) is 5.04. The zero-order chi connectivity index (χ0) is 24.9. The topological polar surface area (TPSA) is 111 Å². The van der Waals surface area contributed by atoms with Gasteiger partial charge in [0.1, 0.15) is 0 Å². The van der Waals surface area contributed by atoms with E-state index in [2.05, 4.69) is 25.9 Å². The zero-order valence-corrected chi connectivity index (χ0v) is 20.8. The number of aryl methyl sites for hydroxylation is 2. The number of rotatable bonds is 8. The molecule has 0 aliphatic carbocycles.